The number of rotatable bonds is 5. The Morgan fingerprint density at radius 3 is 2.84 bits per heavy atom. The monoisotopic (exact) mass is 266 g/mol. The zero-order valence-corrected chi connectivity index (χ0v) is 12.6. The third-order valence-electron chi connectivity index (χ3n) is 4.96. The smallest absolute Gasteiger partial charge is 0.220 e. The van der Waals surface area contributed by atoms with Gasteiger partial charge in [0, 0.05) is 12.5 Å². The van der Waals surface area contributed by atoms with Crippen molar-refractivity contribution >= 4 is 5.91 Å². The zero-order valence-electron chi connectivity index (χ0n) is 12.6. The topological polar surface area (TPSA) is 41.1 Å². The number of hydrogen-bond acceptors (Lipinski definition) is 2. The molecule has 3 nitrogen and oxygen atoms in total. The lowest BCUT2D eigenvalue weighted by Crippen LogP contribution is -2.39. The van der Waals surface area contributed by atoms with Crippen LogP contribution in [0.2, 0.25) is 0 Å². The summed E-state index contributed by atoms with van der Waals surface area (Å²) >= 11 is 0. The minimum absolute atomic E-state index is 0.279. The Kier molecular flexibility index (Phi) is 5.68. The summed E-state index contributed by atoms with van der Waals surface area (Å²) in [4.78, 5) is 12.0. The molecule has 0 aromatic heterocycles. The van der Waals surface area contributed by atoms with Crippen molar-refractivity contribution in [3.05, 3.63) is 0 Å². The average Bonchev–Trinajstić information content (AvgIpc) is 2.90. The minimum Gasteiger partial charge on any atom is -0.353 e. The van der Waals surface area contributed by atoms with E-state index in [9.17, 15) is 4.79 Å². The molecule has 3 atom stereocenters. The van der Waals surface area contributed by atoms with E-state index in [1.54, 1.807) is 0 Å². The minimum atomic E-state index is 0.279. The number of nitrogens with one attached hydrogen (secondary N) is 2. The highest BCUT2D eigenvalue weighted by molar-refractivity contribution is 5.76. The Labute approximate surface area is 117 Å². The molecule has 2 aliphatic rings. The third-order valence-corrected chi connectivity index (χ3v) is 4.96. The Balaban J connectivity index is 1.66. The molecule has 19 heavy (non-hydrogen) atoms. The fourth-order valence-corrected chi connectivity index (χ4v) is 3.56. The highest BCUT2D eigenvalue weighted by Gasteiger charge is 2.25. The number of carbonyl (C=O) groups excluding carboxylic acids is 1. The summed E-state index contributed by atoms with van der Waals surface area (Å²) in [5.74, 6) is 2.56. The van der Waals surface area contributed by atoms with E-state index in [2.05, 4.69) is 24.5 Å². The molecule has 110 valence electrons. The van der Waals surface area contributed by atoms with Gasteiger partial charge in [-0.2, -0.15) is 0 Å². The van der Waals surface area contributed by atoms with E-state index in [0.29, 0.717) is 6.04 Å². The molecule has 0 aromatic carbocycles. The Bertz CT molecular complexity index is 284. The lowest BCUT2D eigenvalue weighted by molar-refractivity contribution is -0.122. The number of carbonyl (C=O) groups is 1. The van der Waals surface area contributed by atoms with Gasteiger partial charge < -0.3 is 10.6 Å². The highest BCUT2D eigenvalue weighted by Crippen LogP contribution is 2.30. The van der Waals surface area contributed by atoms with Crippen molar-refractivity contribution in [3.8, 4) is 0 Å². The van der Waals surface area contributed by atoms with Crippen molar-refractivity contribution < 1.29 is 4.79 Å². The lowest BCUT2D eigenvalue weighted by Gasteiger charge is -2.32. The second-order valence-corrected chi connectivity index (χ2v) is 6.83. The molecule has 0 spiro atoms. The fourth-order valence-electron chi connectivity index (χ4n) is 3.56. The summed E-state index contributed by atoms with van der Waals surface area (Å²) in [6.45, 7) is 6.85. The summed E-state index contributed by atoms with van der Waals surface area (Å²) in [5.41, 5.74) is 0. The van der Waals surface area contributed by atoms with Gasteiger partial charge in [0.2, 0.25) is 5.91 Å². The first-order valence-electron chi connectivity index (χ1n) is 8.15. The van der Waals surface area contributed by atoms with Gasteiger partial charge in [0.05, 0.1) is 0 Å². The van der Waals surface area contributed by atoms with Crippen LogP contribution < -0.4 is 10.6 Å². The van der Waals surface area contributed by atoms with Crippen LogP contribution in [0.4, 0.5) is 0 Å². The predicted octanol–water partition coefficient (Wildman–Crippen LogP) is 2.71. The van der Waals surface area contributed by atoms with E-state index in [1.165, 1.54) is 32.1 Å². The van der Waals surface area contributed by atoms with Crippen LogP contribution in [0, 0.1) is 17.8 Å². The van der Waals surface area contributed by atoms with Crippen molar-refractivity contribution in [3.63, 3.8) is 0 Å². The zero-order chi connectivity index (χ0) is 13.7. The van der Waals surface area contributed by atoms with Gasteiger partial charge in [-0.05, 0) is 56.5 Å². The van der Waals surface area contributed by atoms with Crippen molar-refractivity contribution in [2.45, 2.75) is 64.8 Å². The van der Waals surface area contributed by atoms with Crippen LogP contribution in [-0.4, -0.2) is 25.0 Å². The third kappa shape index (κ3) is 4.79. The predicted molar refractivity (Wildman–Crippen MR) is 78.9 cm³/mol. The van der Waals surface area contributed by atoms with Crippen LogP contribution in [0.1, 0.15) is 58.8 Å². The Hall–Kier alpha value is -0.570. The van der Waals surface area contributed by atoms with Crippen LogP contribution in [0.3, 0.4) is 0 Å². The van der Waals surface area contributed by atoms with Gasteiger partial charge in [0.1, 0.15) is 0 Å². The molecule has 3 heteroatoms. The molecule has 1 saturated carbocycles. The van der Waals surface area contributed by atoms with Gasteiger partial charge in [-0.25, -0.2) is 0 Å². The quantitative estimate of drug-likeness (QED) is 0.803. The largest absolute Gasteiger partial charge is 0.353 e. The number of amides is 1. The van der Waals surface area contributed by atoms with Crippen LogP contribution >= 0.6 is 0 Å². The van der Waals surface area contributed by atoms with Gasteiger partial charge in [-0.3, -0.25) is 4.79 Å². The molecule has 1 aliphatic heterocycles. The maximum atomic E-state index is 12.0. The van der Waals surface area contributed by atoms with Gasteiger partial charge >= 0.3 is 0 Å². The second kappa shape index (κ2) is 7.28. The molecule has 2 fully saturated rings. The molecular formula is C16H30N2O. The van der Waals surface area contributed by atoms with E-state index in [-0.39, 0.29) is 5.91 Å². The van der Waals surface area contributed by atoms with Crippen molar-refractivity contribution in [2.75, 3.05) is 13.1 Å². The Morgan fingerprint density at radius 1 is 1.32 bits per heavy atom. The van der Waals surface area contributed by atoms with E-state index in [1.807, 2.05) is 0 Å². The first kappa shape index (κ1) is 14.8. The van der Waals surface area contributed by atoms with Crippen LogP contribution in [0.25, 0.3) is 0 Å². The fraction of sp³-hybridized carbons (Fsp3) is 0.938. The highest BCUT2D eigenvalue weighted by atomic mass is 16.1. The molecule has 2 N–H and O–H groups in total. The first-order valence-corrected chi connectivity index (χ1v) is 8.15. The van der Waals surface area contributed by atoms with Gasteiger partial charge in [0.25, 0.3) is 0 Å². The molecule has 0 aromatic rings. The second-order valence-electron chi connectivity index (χ2n) is 6.83. The standard InChI is InChI=1S/C16H30N2O/c1-12(2)14-4-3-5-15(10-14)18-16(19)7-6-13-8-9-17-11-13/h12-15,17H,3-11H2,1-2H3,(H,18,19). The molecule has 0 radical (unpaired) electrons. The molecule has 1 aliphatic carbocycles. The molecule has 3 unspecified atom stereocenters. The van der Waals surface area contributed by atoms with E-state index >= 15 is 0 Å². The molecule has 1 amide bonds. The molecule has 1 saturated heterocycles. The SMILES string of the molecule is CC(C)C1CCCC(NC(=O)CCC2CCNC2)C1. The average molecular weight is 266 g/mol. The van der Waals surface area contributed by atoms with Crippen LogP contribution in [-0.2, 0) is 4.79 Å². The normalized spacial score (nSPS) is 31.6. The van der Waals surface area contributed by atoms with Crippen LogP contribution in [0.5, 0.6) is 0 Å². The lowest BCUT2D eigenvalue weighted by atomic mass is 9.79. The summed E-state index contributed by atoms with van der Waals surface area (Å²) in [6, 6.07) is 0.440. The maximum absolute atomic E-state index is 12.0. The van der Waals surface area contributed by atoms with Crippen molar-refractivity contribution in [1.82, 2.24) is 10.6 Å². The summed E-state index contributed by atoms with van der Waals surface area (Å²) in [6.07, 6.45) is 8.01. The number of hydrogen-bond donors (Lipinski definition) is 2. The summed E-state index contributed by atoms with van der Waals surface area (Å²) in [7, 11) is 0. The molecule has 2 rings (SSSR count). The van der Waals surface area contributed by atoms with E-state index < -0.39 is 0 Å². The molecule has 1 heterocycles. The van der Waals surface area contributed by atoms with E-state index in [4.69, 9.17) is 0 Å². The first-order chi connectivity index (χ1) is 9.15. The van der Waals surface area contributed by atoms with E-state index in [0.717, 1.165) is 43.7 Å². The van der Waals surface area contributed by atoms with Gasteiger partial charge in [-0.15, -0.1) is 0 Å². The summed E-state index contributed by atoms with van der Waals surface area (Å²) in [5, 5.41) is 6.63. The molecular weight excluding hydrogens is 236 g/mol. The van der Waals surface area contributed by atoms with Crippen LogP contribution in [0.15, 0.2) is 0 Å². The van der Waals surface area contributed by atoms with Crippen molar-refractivity contribution in [2.24, 2.45) is 17.8 Å². The van der Waals surface area contributed by atoms with Gasteiger partial charge in [0.15, 0.2) is 0 Å². The Morgan fingerprint density at radius 2 is 2.16 bits per heavy atom. The van der Waals surface area contributed by atoms with Crippen molar-refractivity contribution in [1.29, 1.82) is 0 Å². The van der Waals surface area contributed by atoms with Gasteiger partial charge in [-0.1, -0.05) is 26.7 Å². The molecule has 0 bridgehead atoms. The maximum Gasteiger partial charge on any atom is 0.220 e. The summed E-state index contributed by atoms with van der Waals surface area (Å²) < 4.78 is 0.